The minimum atomic E-state index is -0.433. The lowest BCUT2D eigenvalue weighted by atomic mass is 9.99. The van der Waals surface area contributed by atoms with Gasteiger partial charge in [0.2, 0.25) is 0 Å². The Hall–Kier alpha value is -1.82. The molecule has 138 valence electrons. The average molecular weight is 346 g/mol. The Morgan fingerprint density at radius 1 is 1.32 bits per heavy atom. The Morgan fingerprint density at radius 3 is 2.64 bits per heavy atom. The summed E-state index contributed by atoms with van der Waals surface area (Å²) in [6, 6.07) is 3.85. The van der Waals surface area contributed by atoms with Gasteiger partial charge in [-0.25, -0.2) is 9.78 Å². The van der Waals surface area contributed by atoms with Crippen LogP contribution in [0.1, 0.15) is 51.0 Å². The largest absolute Gasteiger partial charge is 0.394 e. The second-order valence-corrected chi connectivity index (χ2v) is 7.65. The van der Waals surface area contributed by atoms with E-state index < -0.39 is 5.54 Å². The van der Waals surface area contributed by atoms with Gasteiger partial charge in [0, 0.05) is 25.8 Å². The van der Waals surface area contributed by atoms with Crippen LogP contribution in [0.3, 0.4) is 0 Å². The number of aromatic nitrogens is 1. The van der Waals surface area contributed by atoms with E-state index in [0.717, 1.165) is 56.1 Å². The lowest BCUT2D eigenvalue weighted by Gasteiger charge is -2.31. The number of carbonyl (C=O) groups is 1. The fourth-order valence-electron chi connectivity index (χ4n) is 3.79. The monoisotopic (exact) mass is 346 g/mol. The van der Waals surface area contributed by atoms with Crippen LogP contribution in [0.4, 0.5) is 10.6 Å². The highest BCUT2D eigenvalue weighted by Gasteiger charge is 2.34. The van der Waals surface area contributed by atoms with E-state index in [9.17, 15) is 9.90 Å². The zero-order valence-electron chi connectivity index (χ0n) is 15.1. The molecular weight excluding hydrogens is 316 g/mol. The summed E-state index contributed by atoms with van der Waals surface area (Å²) in [6.07, 6.45) is 8.09. The van der Waals surface area contributed by atoms with Crippen molar-refractivity contribution < 1.29 is 9.90 Å². The summed E-state index contributed by atoms with van der Waals surface area (Å²) in [5.74, 6) is 1.82. The molecule has 0 atom stereocenters. The first-order valence-corrected chi connectivity index (χ1v) is 9.47. The molecular formula is C19H30N4O2. The SMILES string of the molecule is CC1CCN(c2ccc(CNC(=O)NC3(CO)CCCC3)cn2)CC1. The third-order valence-corrected chi connectivity index (χ3v) is 5.61. The molecule has 0 radical (unpaired) electrons. The second-order valence-electron chi connectivity index (χ2n) is 7.65. The van der Waals surface area contributed by atoms with Crippen molar-refractivity contribution in [3.8, 4) is 0 Å². The third kappa shape index (κ3) is 4.63. The summed E-state index contributed by atoms with van der Waals surface area (Å²) in [5.41, 5.74) is 0.547. The number of hydrogen-bond donors (Lipinski definition) is 3. The predicted molar refractivity (Wildman–Crippen MR) is 98.5 cm³/mol. The van der Waals surface area contributed by atoms with Crippen molar-refractivity contribution in [1.29, 1.82) is 0 Å². The Balaban J connectivity index is 1.47. The van der Waals surface area contributed by atoms with Crippen LogP contribution in [0.5, 0.6) is 0 Å². The molecule has 1 aliphatic carbocycles. The summed E-state index contributed by atoms with van der Waals surface area (Å²) < 4.78 is 0. The predicted octanol–water partition coefficient (Wildman–Crippen LogP) is 2.42. The number of amides is 2. The van der Waals surface area contributed by atoms with Crippen molar-refractivity contribution in [2.45, 2.75) is 57.5 Å². The number of pyridine rings is 1. The standard InChI is InChI=1S/C19H30N4O2/c1-15-6-10-23(11-7-15)17-5-4-16(12-20-17)13-21-18(25)22-19(14-24)8-2-3-9-19/h4-5,12,15,24H,2-3,6-11,13-14H2,1H3,(H2,21,22,25). The Kier molecular flexibility index (Phi) is 5.78. The number of aliphatic hydroxyl groups excluding tert-OH is 1. The number of piperidine rings is 1. The van der Waals surface area contributed by atoms with Gasteiger partial charge < -0.3 is 20.6 Å². The fourth-order valence-corrected chi connectivity index (χ4v) is 3.79. The molecule has 2 fully saturated rings. The van der Waals surface area contributed by atoms with Gasteiger partial charge in [-0.15, -0.1) is 0 Å². The molecule has 3 rings (SSSR count). The first-order valence-electron chi connectivity index (χ1n) is 9.47. The smallest absolute Gasteiger partial charge is 0.315 e. The van der Waals surface area contributed by atoms with Gasteiger partial charge in [-0.05, 0) is 43.2 Å². The van der Waals surface area contributed by atoms with E-state index in [-0.39, 0.29) is 12.6 Å². The number of nitrogens with one attached hydrogen (secondary N) is 2. The average Bonchev–Trinajstić information content (AvgIpc) is 3.10. The van der Waals surface area contributed by atoms with Crippen LogP contribution in [0.25, 0.3) is 0 Å². The maximum Gasteiger partial charge on any atom is 0.315 e. The number of anilines is 1. The topological polar surface area (TPSA) is 77.5 Å². The van der Waals surface area contributed by atoms with Gasteiger partial charge in [0.1, 0.15) is 5.82 Å². The molecule has 25 heavy (non-hydrogen) atoms. The quantitative estimate of drug-likeness (QED) is 0.765. The van der Waals surface area contributed by atoms with Gasteiger partial charge >= 0.3 is 6.03 Å². The molecule has 1 saturated heterocycles. The van der Waals surface area contributed by atoms with Crippen LogP contribution < -0.4 is 15.5 Å². The molecule has 6 nitrogen and oxygen atoms in total. The Morgan fingerprint density at radius 2 is 2.04 bits per heavy atom. The van der Waals surface area contributed by atoms with E-state index in [1.54, 1.807) is 0 Å². The van der Waals surface area contributed by atoms with E-state index in [1.807, 2.05) is 18.3 Å². The highest BCUT2D eigenvalue weighted by Crippen LogP contribution is 2.29. The summed E-state index contributed by atoms with van der Waals surface area (Å²) >= 11 is 0. The zero-order chi connectivity index (χ0) is 17.7. The van der Waals surface area contributed by atoms with Crippen molar-refractivity contribution in [2.75, 3.05) is 24.6 Å². The molecule has 0 aromatic carbocycles. The minimum absolute atomic E-state index is 0.00508. The highest BCUT2D eigenvalue weighted by molar-refractivity contribution is 5.74. The molecule has 1 saturated carbocycles. The highest BCUT2D eigenvalue weighted by atomic mass is 16.3. The molecule has 1 aromatic heterocycles. The molecule has 0 bridgehead atoms. The van der Waals surface area contributed by atoms with E-state index in [4.69, 9.17) is 0 Å². The summed E-state index contributed by atoms with van der Waals surface area (Å²) in [7, 11) is 0. The summed E-state index contributed by atoms with van der Waals surface area (Å²) in [6.45, 7) is 4.88. The molecule has 2 aliphatic rings. The number of nitrogens with zero attached hydrogens (tertiary/aromatic N) is 2. The van der Waals surface area contributed by atoms with Crippen molar-refractivity contribution in [3.63, 3.8) is 0 Å². The van der Waals surface area contributed by atoms with Crippen LogP contribution in [-0.4, -0.2) is 41.4 Å². The third-order valence-electron chi connectivity index (χ3n) is 5.61. The lowest BCUT2D eigenvalue weighted by Crippen LogP contribution is -2.52. The summed E-state index contributed by atoms with van der Waals surface area (Å²) in [4.78, 5) is 19.0. The van der Waals surface area contributed by atoms with Gasteiger partial charge in [0.25, 0.3) is 0 Å². The maximum atomic E-state index is 12.1. The molecule has 2 heterocycles. The summed E-state index contributed by atoms with van der Waals surface area (Å²) in [5, 5.41) is 15.4. The van der Waals surface area contributed by atoms with E-state index in [2.05, 4.69) is 27.4 Å². The number of carbonyl (C=O) groups excluding carboxylic acids is 1. The van der Waals surface area contributed by atoms with Crippen molar-refractivity contribution in [3.05, 3.63) is 23.9 Å². The van der Waals surface area contributed by atoms with E-state index in [1.165, 1.54) is 12.8 Å². The molecule has 1 aromatic rings. The van der Waals surface area contributed by atoms with Gasteiger partial charge in [0.05, 0.1) is 12.1 Å². The lowest BCUT2D eigenvalue weighted by molar-refractivity contribution is 0.163. The number of hydrogen-bond acceptors (Lipinski definition) is 4. The Bertz CT molecular complexity index is 561. The maximum absolute atomic E-state index is 12.1. The molecule has 3 N–H and O–H groups in total. The van der Waals surface area contributed by atoms with Crippen LogP contribution in [0.15, 0.2) is 18.3 Å². The number of aliphatic hydroxyl groups is 1. The zero-order valence-corrected chi connectivity index (χ0v) is 15.1. The minimum Gasteiger partial charge on any atom is -0.394 e. The molecule has 0 unspecified atom stereocenters. The van der Waals surface area contributed by atoms with Gasteiger partial charge in [0.15, 0.2) is 0 Å². The van der Waals surface area contributed by atoms with Crippen LogP contribution in [0.2, 0.25) is 0 Å². The second kappa shape index (κ2) is 8.04. The first-order chi connectivity index (χ1) is 12.1. The van der Waals surface area contributed by atoms with Crippen LogP contribution >= 0.6 is 0 Å². The van der Waals surface area contributed by atoms with Gasteiger partial charge in [-0.1, -0.05) is 25.8 Å². The number of urea groups is 1. The molecule has 2 amide bonds. The van der Waals surface area contributed by atoms with Gasteiger partial charge in [-0.2, -0.15) is 0 Å². The van der Waals surface area contributed by atoms with E-state index in [0.29, 0.717) is 6.54 Å². The normalized spacial score (nSPS) is 20.5. The van der Waals surface area contributed by atoms with Crippen LogP contribution in [0, 0.1) is 5.92 Å². The first kappa shape index (κ1) is 18.0. The van der Waals surface area contributed by atoms with Crippen molar-refractivity contribution in [2.24, 2.45) is 5.92 Å². The van der Waals surface area contributed by atoms with Gasteiger partial charge in [-0.3, -0.25) is 0 Å². The fraction of sp³-hybridized carbons (Fsp3) is 0.684. The van der Waals surface area contributed by atoms with Crippen LogP contribution in [-0.2, 0) is 6.54 Å². The van der Waals surface area contributed by atoms with Crippen molar-refractivity contribution >= 4 is 11.8 Å². The number of rotatable bonds is 5. The molecule has 1 aliphatic heterocycles. The Labute approximate surface area is 150 Å². The van der Waals surface area contributed by atoms with E-state index >= 15 is 0 Å². The molecule has 0 spiro atoms. The van der Waals surface area contributed by atoms with Crippen molar-refractivity contribution in [1.82, 2.24) is 15.6 Å². The molecule has 6 heteroatoms.